The second-order valence-electron chi connectivity index (χ2n) is 4.06. The normalized spacial score (nSPS) is 20.6. The highest BCUT2D eigenvalue weighted by molar-refractivity contribution is 6.31. The summed E-state index contributed by atoms with van der Waals surface area (Å²) in [5.41, 5.74) is 0.523. The van der Waals surface area contributed by atoms with Crippen molar-refractivity contribution in [3.8, 4) is 0 Å². The highest BCUT2D eigenvalue weighted by atomic mass is 35.5. The molecule has 1 N–H and O–H groups in total. The van der Waals surface area contributed by atoms with Crippen LogP contribution in [0.15, 0.2) is 12.3 Å². The third-order valence-electron chi connectivity index (χ3n) is 2.89. The van der Waals surface area contributed by atoms with Crippen LogP contribution in [0.5, 0.6) is 0 Å². The fourth-order valence-electron chi connectivity index (χ4n) is 1.96. The predicted octanol–water partition coefficient (Wildman–Crippen LogP) is 0.512. The molecule has 94 valence electrons. The van der Waals surface area contributed by atoms with E-state index in [1.54, 1.807) is 28.8 Å². The van der Waals surface area contributed by atoms with Gasteiger partial charge in [0, 0.05) is 19.8 Å². The Bertz CT molecular complexity index is 419. The van der Waals surface area contributed by atoms with Crippen molar-refractivity contribution >= 4 is 17.5 Å². The van der Waals surface area contributed by atoms with Crippen LogP contribution in [0, 0.1) is 0 Å². The second kappa shape index (κ2) is 5.08. The summed E-state index contributed by atoms with van der Waals surface area (Å²) in [7, 11) is 1.77. The lowest BCUT2D eigenvalue weighted by molar-refractivity contribution is -0.0188. The number of hydrogen-bond donors (Lipinski definition) is 1. The molecule has 0 spiro atoms. The largest absolute Gasteiger partial charge is 0.394 e. The number of aliphatic hydroxyl groups is 1. The van der Waals surface area contributed by atoms with E-state index in [0.717, 1.165) is 0 Å². The van der Waals surface area contributed by atoms with Crippen LogP contribution in [0.4, 0.5) is 0 Å². The molecule has 1 atom stereocenters. The van der Waals surface area contributed by atoms with Crippen LogP contribution < -0.4 is 0 Å². The minimum atomic E-state index is -0.273. The van der Waals surface area contributed by atoms with Gasteiger partial charge in [-0.05, 0) is 6.07 Å². The topological polar surface area (TPSA) is 54.7 Å². The van der Waals surface area contributed by atoms with E-state index in [1.165, 1.54) is 0 Å². The highest BCUT2D eigenvalue weighted by Crippen LogP contribution is 2.17. The quantitative estimate of drug-likeness (QED) is 0.841. The molecule has 17 heavy (non-hydrogen) atoms. The first-order chi connectivity index (χ1) is 8.13. The van der Waals surface area contributed by atoms with Crippen molar-refractivity contribution in [1.29, 1.82) is 0 Å². The number of rotatable bonds is 2. The van der Waals surface area contributed by atoms with Gasteiger partial charge >= 0.3 is 0 Å². The molecule has 0 bridgehead atoms. The maximum atomic E-state index is 12.3. The molecular formula is C11H15ClN2O3. The number of ether oxygens (including phenoxy) is 1. The first-order valence-electron chi connectivity index (χ1n) is 5.45. The smallest absolute Gasteiger partial charge is 0.271 e. The van der Waals surface area contributed by atoms with Crippen molar-refractivity contribution < 1.29 is 14.6 Å². The third kappa shape index (κ3) is 2.46. The summed E-state index contributed by atoms with van der Waals surface area (Å²) in [5.74, 6) is -0.123. The molecule has 1 amide bonds. The number of amides is 1. The number of carbonyl (C=O) groups is 1. The van der Waals surface area contributed by atoms with Crippen LogP contribution in [0.2, 0.25) is 5.02 Å². The van der Waals surface area contributed by atoms with Gasteiger partial charge in [-0.2, -0.15) is 0 Å². The SMILES string of the molecule is Cn1cc(Cl)cc1C(=O)N1CCOCC1CO. The van der Waals surface area contributed by atoms with Gasteiger partial charge in [-0.1, -0.05) is 11.6 Å². The van der Waals surface area contributed by atoms with Crippen molar-refractivity contribution in [2.45, 2.75) is 6.04 Å². The number of nitrogens with zero attached hydrogens (tertiary/aromatic N) is 2. The predicted molar refractivity (Wildman–Crippen MR) is 63.2 cm³/mol. The van der Waals surface area contributed by atoms with E-state index in [9.17, 15) is 9.90 Å². The van der Waals surface area contributed by atoms with Gasteiger partial charge in [-0.25, -0.2) is 0 Å². The minimum Gasteiger partial charge on any atom is -0.394 e. The molecule has 1 fully saturated rings. The maximum absolute atomic E-state index is 12.3. The van der Waals surface area contributed by atoms with Crippen LogP contribution in [0.1, 0.15) is 10.5 Å². The van der Waals surface area contributed by atoms with Crippen molar-refractivity contribution in [3.63, 3.8) is 0 Å². The number of morpholine rings is 1. The van der Waals surface area contributed by atoms with E-state index < -0.39 is 0 Å². The summed E-state index contributed by atoms with van der Waals surface area (Å²) in [6, 6.07) is 1.36. The van der Waals surface area contributed by atoms with Crippen LogP contribution in [-0.2, 0) is 11.8 Å². The van der Waals surface area contributed by atoms with Gasteiger partial charge in [-0.3, -0.25) is 4.79 Å². The average Bonchev–Trinajstić information content (AvgIpc) is 2.67. The molecule has 1 saturated heterocycles. The molecular weight excluding hydrogens is 244 g/mol. The van der Waals surface area contributed by atoms with Crippen LogP contribution in [-0.4, -0.2) is 52.9 Å². The Balaban J connectivity index is 2.21. The van der Waals surface area contributed by atoms with E-state index in [0.29, 0.717) is 30.5 Å². The minimum absolute atomic E-state index is 0.0934. The first-order valence-corrected chi connectivity index (χ1v) is 5.82. The van der Waals surface area contributed by atoms with E-state index >= 15 is 0 Å². The molecule has 0 aromatic carbocycles. The van der Waals surface area contributed by atoms with E-state index in [2.05, 4.69) is 0 Å². The Kier molecular flexibility index (Phi) is 3.71. The summed E-state index contributed by atoms with van der Waals surface area (Å²) >= 11 is 5.85. The number of aliphatic hydroxyl groups excluding tert-OH is 1. The Hall–Kier alpha value is -1.04. The van der Waals surface area contributed by atoms with E-state index in [4.69, 9.17) is 16.3 Å². The molecule has 6 heteroatoms. The molecule has 0 saturated carbocycles. The summed E-state index contributed by atoms with van der Waals surface area (Å²) in [5, 5.41) is 9.76. The number of hydrogen-bond acceptors (Lipinski definition) is 3. The Labute approximate surface area is 105 Å². The summed E-state index contributed by atoms with van der Waals surface area (Å²) in [6.45, 7) is 1.28. The van der Waals surface area contributed by atoms with Gasteiger partial charge in [0.1, 0.15) is 5.69 Å². The summed E-state index contributed by atoms with van der Waals surface area (Å²) in [6.07, 6.45) is 1.68. The third-order valence-corrected chi connectivity index (χ3v) is 3.10. The van der Waals surface area contributed by atoms with Crippen molar-refractivity contribution in [1.82, 2.24) is 9.47 Å². The molecule has 1 aromatic rings. The van der Waals surface area contributed by atoms with E-state index in [1.807, 2.05) is 0 Å². The van der Waals surface area contributed by atoms with Crippen LogP contribution >= 0.6 is 11.6 Å². The Morgan fingerprint density at radius 1 is 1.71 bits per heavy atom. The Morgan fingerprint density at radius 2 is 2.47 bits per heavy atom. The molecule has 1 unspecified atom stereocenters. The summed E-state index contributed by atoms with van der Waals surface area (Å²) in [4.78, 5) is 13.9. The molecule has 0 aliphatic carbocycles. The molecule has 2 rings (SSSR count). The van der Waals surface area contributed by atoms with Gasteiger partial charge in [-0.15, -0.1) is 0 Å². The molecule has 1 aliphatic rings. The van der Waals surface area contributed by atoms with Gasteiger partial charge in [0.2, 0.25) is 0 Å². The maximum Gasteiger partial charge on any atom is 0.271 e. The zero-order valence-corrected chi connectivity index (χ0v) is 10.4. The first kappa shape index (κ1) is 12.4. The summed E-state index contributed by atoms with van der Waals surface area (Å²) < 4.78 is 6.93. The fourth-order valence-corrected chi connectivity index (χ4v) is 2.21. The van der Waals surface area contributed by atoms with Crippen molar-refractivity contribution in [2.75, 3.05) is 26.4 Å². The highest BCUT2D eigenvalue weighted by Gasteiger charge is 2.28. The van der Waals surface area contributed by atoms with Crippen molar-refractivity contribution in [3.05, 3.63) is 23.0 Å². The molecule has 1 aliphatic heterocycles. The average molecular weight is 259 g/mol. The number of halogens is 1. The second-order valence-corrected chi connectivity index (χ2v) is 4.50. The van der Waals surface area contributed by atoms with Gasteiger partial charge < -0.3 is 19.3 Å². The van der Waals surface area contributed by atoms with Gasteiger partial charge in [0.25, 0.3) is 5.91 Å². The van der Waals surface area contributed by atoms with Crippen molar-refractivity contribution in [2.24, 2.45) is 7.05 Å². The monoisotopic (exact) mass is 258 g/mol. The molecule has 2 heterocycles. The Morgan fingerprint density at radius 3 is 3.06 bits per heavy atom. The number of aryl methyl sites for hydroxylation is 1. The van der Waals surface area contributed by atoms with Gasteiger partial charge in [0.05, 0.1) is 30.9 Å². The fraction of sp³-hybridized carbons (Fsp3) is 0.545. The number of aromatic nitrogens is 1. The zero-order chi connectivity index (χ0) is 12.4. The standard InChI is InChI=1S/C11H15ClN2O3/c1-13-5-8(12)4-10(13)11(16)14-2-3-17-7-9(14)6-15/h4-5,9,15H,2-3,6-7H2,1H3. The molecule has 1 aromatic heterocycles. The zero-order valence-electron chi connectivity index (χ0n) is 9.60. The van der Waals surface area contributed by atoms with Crippen LogP contribution in [0.3, 0.4) is 0 Å². The number of carbonyl (C=O) groups excluding carboxylic acids is 1. The lowest BCUT2D eigenvalue weighted by Gasteiger charge is -2.34. The molecule has 5 nitrogen and oxygen atoms in total. The van der Waals surface area contributed by atoms with Crippen LogP contribution in [0.25, 0.3) is 0 Å². The van der Waals surface area contributed by atoms with Gasteiger partial charge in [0.15, 0.2) is 0 Å². The molecule has 0 radical (unpaired) electrons. The van der Waals surface area contributed by atoms with E-state index in [-0.39, 0.29) is 18.6 Å². The lowest BCUT2D eigenvalue weighted by Crippen LogP contribution is -2.50. The lowest BCUT2D eigenvalue weighted by atomic mass is 10.2.